The molecule has 6 nitrogen and oxygen atoms in total. The molecule has 2 rings (SSSR count). The number of nitrogens with one attached hydrogen (secondary N) is 2. The third-order valence-electron chi connectivity index (χ3n) is 3.82. The largest absolute Gasteiger partial charge is 0.381 e. The van der Waals surface area contributed by atoms with Crippen LogP contribution in [0.4, 0.5) is 0 Å². The van der Waals surface area contributed by atoms with Gasteiger partial charge in [0.15, 0.2) is 5.96 Å². The lowest BCUT2D eigenvalue weighted by Crippen LogP contribution is -2.42. The summed E-state index contributed by atoms with van der Waals surface area (Å²) < 4.78 is 10.6. The van der Waals surface area contributed by atoms with Crippen molar-refractivity contribution in [2.45, 2.75) is 33.7 Å². The Labute approximate surface area is 143 Å². The zero-order chi connectivity index (χ0) is 14.6. The molecule has 2 heterocycles. The monoisotopic (exact) mass is 408 g/mol. The van der Waals surface area contributed by atoms with Gasteiger partial charge in [0.05, 0.1) is 12.3 Å². The van der Waals surface area contributed by atoms with Crippen LogP contribution >= 0.6 is 24.0 Å². The van der Waals surface area contributed by atoms with E-state index in [2.05, 4.69) is 27.7 Å². The van der Waals surface area contributed by atoms with Gasteiger partial charge >= 0.3 is 0 Å². The van der Waals surface area contributed by atoms with Crippen molar-refractivity contribution in [3.05, 3.63) is 17.0 Å². The maximum Gasteiger partial charge on any atom is 0.191 e. The van der Waals surface area contributed by atoms with E-state index >= 15 is 0 Å². The number of aryl methyl sites for hydroxylation is 2. The van der Waals surface area contributed by atoms with Crippen molar-refractivity contribution in [1.29, 1.82) is 0 Å². The highest BCUT2D eigenvalue weighted by Gasteiger charge is 2.29. The van der Waals surface area contributed by atoms with E-state index in [1.807, 2.05) is 13.8 Å². The third-order valence-corrected chi connectivity index (χ3v) is 3.82. The lowest BCUT2D eigenvalue weighted by atomic mass is 9.90. The lowest BCUT2D eigenvalue weighted by molar-refractivity contribution is 0.160. The van der Waals surface area contributed by atoms with Crippen LogP contribution in [0.25, 0.3) is 0 Å². The standard InChI is InChI=1S/C14H24N4O2.HI/c1-10-12(11(2)20-18-10)7-16-13(15-4)17-8-14(3)5-6-19-9-14;/h5-9H2,1-4H3,(H2,15,16,17);1H. The van der Waals surface area contributed by atoms with E-state index in [0.29, 0.717) is 6.54 Å². The van der Waals surface area contributed by atoms with E-state index < -0.39 is 0 Å². The molecular weight excluding hydrogens is 383 g/mol. The maximum absolute atomic E-state index is 5.46. The fraction of sp³-hybridized carbons (Fsp3) is 0.714. The van der Waals surface area contributed by atoms with Gasteiger partial charge in [-0.25, -0.2) is 0 Å². The first-order valence-electron chi connectivity index (χ1n) is 6.98. The molecule has 0 spiro atoms. The van der Waals surface area contributed by atoms with E-state index in [1.54, 1.807) is 7.05 Å². The topological polar surface area (TPSA) is 71.7 Å². The van der Waals surface area contributed by atoms with Crippen LogP contribution in [0.5, 0.6) is 0 Å². The third kappa shape index (κ3) is 4.84. The first-order chi connectivity index (χ1) is 9.54. The number of guanidine groups is 1. The Balaban J connectivity index is 0.00000220. The van der Waals surface area contributed by atoms with Gasteiger partial charge in [-0.1, -0.05) is 12.1 Å². The molecule has 1 aromatic rings. The second-order valence-corrected chi connectivity index (χ2v) is 5.70. The molecule has 0 bridgehead atoms. The molecule has 1 aliphatic rings. The summed E-state index contributed by atoms with van der Waals surface area (Å²) in [5, 5.41) is 10.6. The number of rotatable bonds is 4. The van der Waals surface area contributed by atoms with Gasteiger partial charge < -0.3 is 19.9 Å². The minimum absolute atomic E-state index is 0. The molecule has 1 fully saturated rings. The number of hydrogen-bond acceptors (Lipinski definition) is 4. The zero-order valence-electron chi connectivity index (χ0n) is 13.2. The number of halogens is 1. The summed E-state index contributed by atoms with van der Waals surface area (Å²) in [6.07, 6.45) is 1.08. The molecule has 1 atom stereocenters. The van der Waals surface area contributed by atoms with Crippen LogP contribution in [0.15, 0.2) is 9.52 Å². The smallest absolute Gasteiger partial charge is 0.191 e. The van der Waals surface area contributed by atoms with Crippen molar-refractivity contribution < 1.29 is 9.26 Å². The number of aliphatic imine (C=N–C) groups is 1. The van der Waals surface area contributed by atoms with E-state index in [0.717, 1.165) is 49.2 Å². The average molecular weight is 408 g/mol. The van der Waals surface area contributed by atoms with Crippen LogP contribution in [0.1, 0.15) is 30.4 Å². The minimum atomic E-state index is 0. The van der Waals surface area contributed by atoms with Gasteiger partial charge in [0.2, 0.25) is 0 Å². The summed E-state index contributed by atoms with van der Waals surface area (Å²) in [6.45, 7) is 9.27. The normalized spacial score (nSPS) is 22.0. The van der Waals surface area contributed by atoms with Gasteiger partial charge in [-0.05, 0) is 20.3 Å². The quantitative estimate of drug-likeness (QED) is 0.453. The van der Waals surface area contributed by atoms with Gasteiger partial charge in [0.1, 0.15) is 5.76 Å². The lowest BCUT2D eigenvalue weighted by Gasteiger charge is -2.23. The maximum atomic E-state index is 5.46. The van der Waals surface area contributed by atoms with Gasteiger partial charge in [-0.15, -0.1) is 24.0 Å². The van der Waals surface area contributed by atoms with Crippen LogP contribution in [-0.2, 0) is 11.3 Å². The predicted octanol–water partition coefficient (Wildman–Crippen LogP) is 2.00. The Morgan fingerprint density at radius 1 is 1.38 bits per heavy atom. The van der Waals surface area contributed by atoms with Crippen LogP contribution in [0.2, 0.25) is 0 Å². The Kier molecular flexibility index (Phi) is 6.92. The van der Waals surface area contributed by atoms with Gasteiger partial charge in [0.25, 0.3) is 0 Å². The molecule has 0 radical (unpaired) electrons. The van der Waals surface area contributed by atoms with E-state index in [1.165, 1.54) is 0 Å². The molecule has 1 unspecified atom stereocenters. The van der Waals surface area contributed by atoms with E-state index in [9.17, 15) is 0 Å². The zero-order valence-corrected chi connectivity index (χ0v) is 15.5. The number of aromatic nitrogens is 1. The second-order valence-electron chi connectivity index (χ2n) is 5.70. The van der Waals surface area contributed by atoms with Crippen molar-refractivity contribution in [3.63, 3.8) is 0 Å². The summed E-state index contributed by atoms with van der Waals surface area (Å²) >= 11 is 0. The molecule has 1 aromatic heterocycles. The van der Waals surface area contributed by atoms with Crippen molar-refractivity contribution in [2.75, 3.05) is 26.8 Å². The summed E-state index contributed by atoms with van der Waals surface area (Å²) in [4.78, 5) is 4.24. The van der Waals surface area contributed by atoms with E-state index in [-0.39, 0.29) is 29.4 Å². The highest BCUT2D eigenvalue weighted by molar-refractivity contribution is 14.0. The molecule has 1 saturated heterocycles. The Morgan fingerprint density at radius 2 is 2.14 bits per heavy atom. The summed E-state index contributed by atoms with van der Waals surface area (Å²) in [7, 11) is 1.77. The Bertz CT molecular complexity index is 462. The van der Waals surface area contributed by atoms with Crippen molar-refractivity contribution in [2.24, 2.45) is 10.4 Å². The average Bonchev–Trinajstić information content (AvgIpc) is 2.99. The Morgan fingerprint density at radius 3 is 2.67 bits per heavy atom. The van der Waals surface area contributed by atoms with Crippen molar-refractivity contribution in [1.82, 2.24) is 15.8 Å². The molecule has 2 N–H and O–H groups in total. The van der Waals surface area contributed by atoms with E-state index in [4.69, 9.17) is 9.26 Å². The molecule has 21 heavy (non-hydrogen) atoms. The molecule has 0 amide bonds. The minimum Gasteiger partial charge on any atom is -0.381 e. The summed E-state index contributed by atoms with van der Waals surface area (Å²) in [6, 6.07) is 0. The molecule has 1 aliphatic heterocycles. The molecule has 0 aliphatic carbocycles. The van der Waals surface area contributed by atoms with Crippen LogP contribution < -0.4 is 10.6 Å². The number of ether oxygens (including phenoxy) is 1. The molecule has 0 aromatic carbocycles. The molecule has 0 saturated carbocycles. The predicted molar refractivity (Wildman–Crippen MR) is 93.1 cm³/mol. The molecule has 120 valence electrons. The van der Waals surface area contributed by atoms with Gasteiger partial charge in [0, 0.05) is 37.7 Å². The highest BCUT2D eigenvalue weighted by atomic mass is 127. The Hall–Kier alpha value is -0.830. The summed E-state index contributed by atoms with van der Waals surface area (Å²) in [5.74, 6) is 1.64. The van der Waals surface area contributed by atoms with Crippen molar-refractivity contribution in [3.8, 4) is 0 Å². The fourth-order valence-electron chi connectivity index (χ4n) is 2.29. The van der Waals surface area contributed by atoms with Gasteiger partial charge in [-0.2, -0.15) is 0 Å². The van der Waals surface area contributed by atoms with Gasteiger partial charge in [-0.3, -0.25) is 4.99 Å². The van der Waals surface area contributed by atoms with Crippen LogP contribution in [-0.4, -0.2) is 37.9 Å². The van der Waals surface area contributed by atoms with Crippen LogP contribution in [0, 0.1) is 19.3 Å². The number of nitrogens with zero attached hydrogens (tertiary/aromatic N) is 2. The fourth-order valence-corrected chi connectivity index (χ4v) is 2.29. The van der Waals surface area contributed by atoms with Crippen molar-refractivity contribution >= 4 is 29.9 Å². The first kappa shape index (κ1) is 18.2. The first-order valence-corrected chi connectivity index (χ1v) is 6.98. The highest BCUT2D eigenvalue weighted by Crippen LogP contribution is 2.26. The van der Waals surface area contributed by atoms with Crippen LogP contribution in [0.3, 0.4) is 0 Å². The molecular formula is C14H25IN4O2. The SMILES string of the molecule is CN=C(NCc1c(C)noc1C)NCC1(C)CCOC1.I. The molecule has 7 heteroatoms. The summed E-state index contributed by atoms with van der Waals surface area (Å²) in [5.41, 5.74) is 2.20. The number of hydrogen-bond donors (Lipinski definition) is 2. The second kappa shape index (κ2) is 7.98.